The van der Waals surface area contributed by atoms with E-state index in [0.29, 0.717) is 5.56 Å². The fraction of sp³-hybridized carbons (Fsp3) is 0.222. The van der Waals surface area contributed by atoms with Crippen LogP contribution in [0.15, 0.2) is 48.5 Å². The summed E-state index contributed by atoms with van der Waals surface area (Å²) in [6.07, 6.45) is 0. The maximum atomic E-state index is 12.2. The molecule has 2 N–H and O–H groups in total. The van der Waals surface area contributed by atoms with E-state index in [1.54, 1.807) is 19.1 Å². The number of hydrogen-bond acceptors (Lipinski definition) is 3. The Morgan fingerprint density at radius 3 is 2.70 bits per heavy atom. The largest absolute Gasteiger partial charge is 0.394 e. The second-order valence-corrected chi connectivity index (χ2v) is 5.59. The molecular weight excluding hydrogens is 290 g/mol. The van der Waals surface area contributed by atoms with E-state index in [4.69, 9.17) is 5.11 Å². The van der Waals surface area contributed by atoms with Gasteiger partial charge in [0.05, 0.1) is 17.6 Å². The fourth-order valence-corrected chi connectivity index (χ4v) is 2.60. The standard InChI is InChI=1S/C18H19N3O2/c1-12(11-22)19-18(23)14-8-9-17-16(10-14)20-13(2)21(17)15-6-4-3-5-7-15/h3-10,12,22H,11H2,1-2H3,(H,19,23). The summed E-state index contributed by atoms with van der Waals surface area (Å²) in [6.45, 7) is 3.61. The Bertz CT molecular complexity index is 840. The molecular formula is C18H19N3O2. The van der Waals surface area contributed by atoms with Gasteiger partial charge in [0.2, 0.25) is 0 Å². The molecule has 3 rings (SSSR count). The second-order valence-electron chi connectivity index (χ2n) is 5.59. The number of imidazole rings is 1. The van der Waals surface area contributed by atoms with Crippen molar-refractivity contribution in [1.82, 2.24) is 14.9 Å². The van der Waals surface area contributed by atoms with Crippen LogP contribution in [0.25, 0.3) is 16.7 Å². The molecule has 5 nitrogen and oxygen atoms in total. The molecule has 0 bridgehead atoms. The van der Waals surface area contributed by atoms with Gasteiger partial charge in [-0.15, -0.1) is 0 Å². The van der Waals surface area contributed by atoms with Crippen molar-refractivity contribution in [2.75, 3.05) is 6.61 Å². The smallest absolute Gasteiger partial charge is 0.251 e. The summed E-state index contributed by atoms with van der Waals surface area (Å²) in [5.74, 6) is 0.660. The van der Waals surface area contributed by atoms with Gasteiger partial charge in [0.1, 0.15) is 5.82 Å². The highest BCUT2D eigenvalue weighted by atomic mass is 16.3. The first kappa shape index (κ1) is 15.2. The van der Waals surface area contributed by atoms with Gasteiger partial charge in [-0.3, -0.25) is 9.36 Å². The van der Waals surface area contributed by atoms with Gasteiger partial charge in [0.25, 0.3) is 5.91 Å². The molecule has 118 valence electrons. The first-order chi connectivity index (χ1) is 11.1. The molecule has 5 heteroatoms. The average molecular weight is 309 g/mol. The lowest BCUT2D eigenvalue weighted by Crippen LogP contribution is -2.34. The van der Waals surface area contributed by atoms with Crippen molar-refractivity contribution < 1.29 is 9.90 Å². The number of aliphatic hydroxyl groups excluding tert-OH is 1. The molecule has 0 radical (unpaired) electrons. The molecule has 1 atom stereocenters. The summed E-state index contributed by atoms with van der Waals surface area (Å²) >= 11 is 0. The Morgan fingerprint density at radius 2 is 2.00 bits per heavy atom. The summed E-state index contributed by atoms with van der Waals surface area (Å²) in [4.78, 5) is 16.7. The first-order valence-electron chi connectivity index (χ1n) is 7.56. The monoisotopic (exact) mass is 309 g/mol. The van der Waals surface area contributed by atoms with Gasteiger partial charge in [-0.1, -0.05) is 18.2 Å². The Morgan fingerprint density at radius 1 is 1.26 bits per heavy atom. The molecule has 0 saturated heterocycles. The molecule has 3 aromatic rings. The molecule has 0 aliphatic heterocycles. The topological polar surface area (TPSA) is 67.2 Å². The zero-order valence-electron chi connectivity index (χ0n) is 13.2. The second kappa shape index (κ2) is 6.22. The van der Waals surface area contributed by atoms with Gasteiger partial charge in [0, 0.05) is 17.3 Å². The maximum absolute atomic E-state index is 12.2. The Hall–Kier alpha value is -2.66. The predicted molar refractivity (Wildman–Crippen MR) is 89.8 cm³/mol. The van der Waals surface area contributed by atoms with E-state index in [-0.39, 0.29) is 18.6 Å². The highest BCUT2D eigenvalue weighted by molar-refractivity contribution is 5.97. The summed E-state index contributed by atoms with van der Waals surface area (Å²) in [5.41, 5.74) is 3.31. The molecule has 1 heterocycles. The first-order valence-corrected chi connectivity index (χ1v) is 7.56. The van der Waals surface area contributed by atoms with Crippen molar-refractivity contribution in [3.63, 3.8) is 0 Å². The number of carbonyl (C=O) groups is 1. The summed E-state index contributed by atoms with van der Waals surface area (Å²) in [7, 11) is 0. The predicted octanol–water partition coefficient (Wildman–Crippen LogP) is 2.44. The van der Waals surface area contributed by atoms with Crippen LogP contribution in [0.1, 0.15) is 23.1 Å². The normalized spacial score (nSPS) is 12.3. The zero-order chi connectivity index (χ0) is 16.4. The van der Waals surface area contributed by atoms with E-state index in [9.17, 15) is 4.79 Å². The van der Waals surface area contributed by atoms with Crippen molar-refractivity contribution in [2.45, 2.75) is 19.9 Å². The lowest BCUT2D eigenvalue weighted by atomic mass is 10.1. The number of fused-ring (bicyclic) bond motifs is 1. The Kier molecular flexibility index (Phi) is 4.12. The number of aryl methyl sites for hydroxylation is 1. The van der Waals surface area contributed by atoms with Crippen molar-refractivity contribution in [3.8, 4) is 5.69 Å². The lowest BCUT2D eigenvalue weighted by Gasteiger charge is -2.11. The van der Waals surface area contributed by atoms with Gasteiger partial charge in [0.15, 0.2) is 0 Å². The summed E-state index contributed by atoms with van der Waals surface area (Å²) < 4.78 is 2.06. The third kappa shape index (κ3) is 2.96. The molecule has 1 amide bonds. The van der Waals surface area contributed by atoms with Crippen molar-refractivity contribution >= 4 is 16.9 Å². The number of benzene rings is 2. The number of rotatable bonds is 4. The molecule has 0 aliphatic rings. The summed E-state index contributed by atoms with van der Waals surface area (Å²) in [6, 6.07) is 15.2. The Labute approximate surface area is 134 Å². The van der Waals surface area contributed by atoms with Crippen LogP contribution in [0.2, 0.25) is 0 Å². The third-order valence-corrected chi connectivity index (χ3v) is 3.75. The number of carbonyl (C=O) groups excluding carboxylic acids is 1. The minimum atomic E-state index is -0.276. The zero-order valence-corrected chi connectivity index (χ0v) is 13.2. The van der Waals surface area contributed by atoms with Crippen LogP contribution in [-0.2, 0) is 0 Å². The van der Waals surface area contributed by atoms with Gasteiger partial charge < -0.3 is 10.4 Å². The molecule has 0 aliphatic carbocycles. The minimum Gasteiger partial charge on any atom is -0.394 e. The van der Waals surface area contributed by atoms with E-state index in [1.807, 2.05) is 43.3 Å². The van der Waals surface area contributed by atoms with E-state index >= 15 is 0 Å². The van der Waals surface area contributed by atoms with Crippen LogP contribution < -0.4 is 5.32 Å². The highest BCUT2D eigenvalue weighted by Crippen LogP contribution is 2.22. The molecule has 2 aromatic carbocycles. The van der Waals surface area contributed by atoms with Gasteiger partial charge in [-0.25, -0.2) is 4.98 Å². The van der Waals surface area contributed by atoms with Crippen LogP contribution in [0.4, 0.5) is 0 Å². The van der Waals surface area contributed by atoms with Gasteiger partial charge in [-0.05, 0) is 44.2 Å². The number of para-hydroxylation sites is 1. The molecule has 0 fully saturated rings. The number of amides is 1. The van der Waals surface area contributed by atoms with Crippen LogP contribution >= 0.6 is 0 Å². The van der Waals surface area contributed by atoms with Crippen molar-refractivity contribution in [2.24, 2.45) is 0 Å². The molecule has 1 unspecified atom stereocenters. The van der Waals surface area contributed by atoms with E-state index in [1.165, 1.54) is 0 Å². The number of aliphatic hydroxyl groups is 1. The third-order valence-electron chi connectivity index (χ3n) is 3.75. The molecule has 0 spiro atoms. The maximum Gasteiger partial charge on any atom is 0.251 e. The highest BCUT2D eigenvalue weighted by Gasteiger charge is 2.13. The lowest BCUT2D eigenvalue weighted by molar-refractivity contribution is 0.0922. The van der Waals surface area contributed by atoms with E-state index < -0.39 is 0 Å². The number of aromatic nitrogens is 2. The number of nitrogens with zero attached hydrogens (tertiary/aromatic N) is 2. The molecule has 1 aromatic heterocycles. The number of nitrogens with one attached hydrogen (secondary N) is 1. The van der Waals surface area contributed by atoms with Crippen molar-refractivity contribution in [3.05, 3.63) is 59.9 Å². The average Bonchev–Trinajstić information content (AvgIpc) is 2.90. The van der Waals surface area contributed by atoms with E-state index in [0.717, 1.165) is 22.5 Å². The minimum absolute atomic E-state index is 0.0876. The number of hydrogen-bond donors (Lipinski definition) is 2. The molecule has 23 heavy (non-hydrogen) atoms. The SMILES string of the molecule is Cc1nc2cc(C(=O)NC(C)CO)ccc2n1-c1ccccc1. The van der Waals surface area contributed by atoms with Crippen LogP contribution in [0.3, 0.4) is 0 Å². The molecule has 0 saturated carbocycles. The van der Waals surface area contributed by atoms with Crippen molar-refractivity contribution in [1.29, 1.82) is 0 Å². The van der Waals surface area contributed by atoms with Gasteiger partial charge >= 0.3 is 0 Å². The van der Waals surface area contributed by atoms with Crippen LogP contribution in [-0.4, -0.2) is 33.2 Å². The fourth-order valence-electron chi connectivity index (χ4n) is 2.60. The van der Waals surface area contributed by atoms with E-state index in [2.05, 4.69) is 14.9 Å². The summed E-state index contributed by atoms with van der Waals surface area (Å²) in [5, 5.41) is 11.8. The van der Waals surface area contributed by atoms with Crippen LogP contribution in [0.5, 0.6) is 0 Å². The van der Waals surface area contributed by atoms with Gasteiger partial charge in [-0.2, -0.15) is 0 Å². The van der Waals surface area contributed by atoms with Crippen LogP contribution in [0, 0.1) is 6.92 Å². The Balaban J connectivity index is 2.01. The quantitative estimate of drug-likeness (QED) is 0.778.